The molecule has 0 saturated heterocycles. The third kappa shape index (κ3) is 6.34. The Kier molecular flexibility index (Phi) is 7.89. The molecule has 2 rings (SSSR count). The molecule has 0 aromatic heterocycles. The number of carbonyl (C=O) groups is 1. The number of aryl methyl sites for hydroxylation is 1. The Morgan fingerprint density at radius 3 is 2.67 bits per heavy atom. The van der Waals surface area contributed by atoms with Crippen LogP contribution in [0.25, 0.3) is 0 Å². The molecule has 0 heterocycles. The first-order chi connectivity index (χ1) is 11.6. The molecule has 0 aliphatic carbocycles. The van der Waals surface area contributed by atoms with E-state index in [9.17, 15) is 9.18 Å². The molecule has 0 radical (unpaired) electrons. The second kappa shape index (κ2) is 9.92. The molecule has 0 bridgehead atoms. The van der Waals surface area contributed by atoms with Gasteiger partial charge in [-0.25, -0.2) is 4.39 Å². The molecule has 0 fully saturated rings. The van der Waals surface area contributed by atoms with Crippen LogP contribution in [0.2, 0.25) is 10.0 Å². The van der Waals surface area contributed by atoms with Crippen molar-refractivity contribution in [3.63, 3.8) is 0 Å². The number of carbonyl (C=O) groups excluding carboxylic acids is 1. The van der Waals surface area contributed by atoms with Gasteiger partial charge in [0.05, 0.1) is 5.75 Å². The van der Waals surface area contributed by atoms with Crippen molar-refractivity contribution in [2.24, 2.45) is 0 Å². The van der Waals surface area contributed by atoms with Crippen molar-refractivity contribution >= 4 is 40.9 Å². The van der Waals surface area contributed by atoms with Gasteiger partial charge in [-0.15, -0.1) is 11.8 Å². The van der Waals surface area contributed by atoms with Gasteiger partial charge in [-0.1, -0.05) is 47.5 Å². The Hall–Kier alpha value is -1.23. The van der Waals surface area contributed by atoms with Crippen LogP contribution in [-0.2, 0) is 17.0 Å². The average Bonchev–Trinajstić information content (AvgIpc) is 2.55. The van der Waals surface area contributed by atoms with Gasteiger partial charge in [0.2, 0.25) is 5.91 Å². The minimum atomic E-state index is -0.338. The summed E-state index contributed by atoms with van der Waals surface area (Å²) in [4.78, 5) is 11.8. The smallest absolute Gasteiger partial charge is 0.230 e. The summed E-state index contributed by atoms with van der Waals surface area (Å²) in [5.74, 6) is 0.355. The van der Waals surface area contributed by atoms with E-state index in [-0.39, 0.29) is 11.7 Å². The molecule has 0 unspecified atom stereocenters. The fraction of sp³-hybridized carbons (Fsp3) is 0.278. The fourth-order valence-corrected chi connectivity index (χ4v) is 3.38. The van der Waals surface area contributed by atoms with E-state index in [0.717, 1.165) is 23.4 Å². The molecule has 2 nitrogen and oxygen atoms in total. The highest BCUT2D eigenvalue weighted by Crippen LogP contribution is 2.19. The maximum absolute atomic E-state index is 13.6. The number of hydrogen-bond donors (Lipinski definition) is 1. The third-order valence-corrected chi connectivity index (χ3v) is 4.99. The monoisotopic (exact) mass is 385 g/mol. The first-order valence-electron chi connectivity index (χ1n) is 7.58. The van der Waals surface area contributed by atoms with Gasteiger partial charge in [0.1, 0.15) is 5.82 Å². The van der Waals surface area contributed by atoms with Gasteiger partial charge >= 0.3 is 0 Å². The van der Waals surface area contributed by atoms with Crippen LogP contribution in [0.5, 0.6) is 0 Å². The first-order valence-corrected chi connectivity index (χ1v) is 9.49. The van der Waals surface area contributed by atoms with Crippen molar-refractivity contribution in [1.29, 1.82) is 0 Å². The number of thioether (sulfide) groups is 1. The Balaban J connectivity index is 1.62. The van der Waals surface area contributed by atoms with Crippen LogP contribution in [0.4, 0.5) is 4.39 Å². The van der Waals surface area contributed by atoms with E-state index in [1.54, 1.807) is 12.1 Å². The lowest BCUT2D eigenvalue weighted by Gasteiger charge is -2.07. The number of rotatable bonds is 8. The van der Waals surface area contributed by atoms with Gasteiger partial charge in [0.15, 0.2) is 0 Å². The molecule has 0 aliphatic rings. The molecule has 0 atom stereocenters. The molecule has 24 heavy (non-hydrogen) atoms. The standard InChI is InChI=1S/C18H18Cl2FNOS/c19-15-8-7-14(17(21)10-15)11-24-12-18(23)22-9-3-5-13-4-1-2-6-16(13)20/h1-2,4,6-8,10H,3,5,9,11-12H2,(H,22,23). The van der Waals surface area contributed by atoms with Crippen molar-refractivity contribution < 1.29 is 9.18 Å². The summed E-state index contributed by atoms with van der Waals surface area (Å²) in [6, 6.07) is 12.3. The highest BCUT2D eigenvalue weighted by molar-refractivity contribution is 7.99. The van der Waals surface area contributed by atoms with Crippen molar-refractivity contribution in [3.8, 4) is 0 Å². The molecule has 6 heteroatoms. The molecule has 0 aliphatic heterocycles. The SMILES string of the molecule is O=C(CSCc1ccc(Cl)cc1F)NCCCc1ccccc1Cl. The Morgan fingerprint density at radius 1 is 1.12 bits per heavy atom. The second-order valence-electron chi connectivity index (χ2n) is 5.27. The minimum Gasteiger partial charge on any atom is -0.355 e. The molecule has 0 saturated carbocycles. The molecule has 128 valence electrons. The van der Waals surface area contributed by atoms with Gasteiger partial charge in [-0.3, -0.25) is 4.79 Å². The van der Waals surface area contributed by atoms with E-state index in [4.69, 9.17) is 23.2 Å². The number of amides is 1. The zero-order valence-corrected chi connectivity index (χ0v) is 15.4. The van der Waals surface area contributed by atoms with E-state index < -0.39 is 0 Å². The average molecular weight is 386 g/mol. The van der Waals surface area contributed by atoms with Crippen LogP contribution in [0.1, 0.15) is 17.5 Å². The maximum atomic E-state index is 13.6. The normalized spacial score (nSPS) is 10.6. The molecule has 2 aromatic carbocycles. The molecular weight excluding hydrogens is 368 g/mol. The zero-order chi connectivity index (χ0) is 17.4. The van der Waals surface area contributed by atoms with Crippen molar-refractivity contribution in [1.82, 2.24) is 5.32 Å². The topological polar surface area (TPSA) is 29.1 Å². The Bertz CT molecular complexity index is 696. The number of hydrogen-bond acceptors (Lipinski definition) is 2. The highest BCUT2D eigenvalue weighted by Gasteiger charge is 2.06. The summed E-state index contributed by atoms with van der Waals surface area (Å²) in [5.41, 5.74) is 1.64. The molecule has 1 N–H and O–H groups in total. The molecule has 0 spiro atoms. The lowest BCUT2D eigenvalue weighted by Crippen LogP contribution is -2.26. The molecule has 2 aromatic rings. The molecule has 1 amide bonds. The number of benzene rings is 2. The van der Waals surface area contributed by atoms with Gasteiger partial charge in [-0.2, -0.15) is 0 Å². The summed E-state index contributed by atoms with van der Waals surface area (Å²) in [5, 5.41) is 3.99. The van der Waals surface area contributed by atoms with E-state index in [2.05, 4.69) is 5.32 Å². The summed E-state index contributed by atoms with van der Waals surface area (Å²) in [6.07, 6.45) is 1.65. The maximum Gasteiger partial charge on any atom is 0.230 e. The van der Waals surface area contributed by atoms with E-state index in [0.29, 0.717) is 28.6 Å². The van der Waals surface area contributed by atoms with Crippen LogP contribution in [0.3, 0.4) is 0 Å². The van der Waals surface area contributed by atoms with E-state index >= 15 is 0 Å². The van der Waals surface area contributed by atoms with Crippen LogP contribution in [0.15, 0.2) is 42.5 Å². The van der Waals surface area contributed by atoms with Crippen LogP contribution < -0.4 is 5.32 Å². The predicted octanol–water partition coefficient (Wildman–Crippen LogP) is 5.11. The van der Waals surface area contributed by atoms with Gasteiger partial charge in [0.25, 0.3) is 0 Å². The number of halogens is 3. The predicted molar refractivity (Wildman–Crippen MR) is 100 cm³/mol. The van der Waals surface area contributed by atoms with E-state index in [1.165, 1.54) is 17.8 Å². The number of nitrogens with one attached hydrogen (secondary N) is 1. The fourth-order valence-electron chi connectivity index (χ4n) is 2.15. The first kappa shape index (κ1) is 19.1. The summed E-state index contributed by atoms with van der Waals surface area (Å²) in [6.45, 7) is 0.597. The summed E-state index contributed by atoms with van der Waals surface area (Å²) >= 11 is 13.2. The minimum absolute atomic E-state index is 0.0477. The van der Waals surface area contributed by atoms with E-state index in [1.807, 2.05) is 24.3 Å². The Labute approximate surface area is 155 Å². The van der Waals surface area contributed by atoms with Gasteiger partial charge < -0.3 is 5.32 Å². The van der Waals surface area contributed by atoms with Gasteiger partial charge in [0, 0.05) is 22.3 Å². The Morgan fingerprint density at radius 2 is 1.92 bits per heavy atom. The van der Waals surface area contributed by atoms with Crippen molar-refractivity contribution in [2.45, 2.75) is 18.6 Å². The quantitative estimate of drug-likeness (QED) is 0.639. The van der Waals surface area contributed by atoms with Crippen molar-refractivity contribution in [3.05, 3.63) is 69.5 Å². The van der Waals surface area contributed by atoms with Gasteiger partial charge in [-0.05, 0) is 42.2 Å². The summed E-state index contributed by atoms with van der Waals surface area (Å²) in [7, 11) is 0. The third-order valence-electron chi connectivity index (χ3n) is 3.41. The summed E-state index contributed by atoms with van der Waals surface area (Å²) < 4.78 is 13.6. The second-order valence-corrected chi connectivity index (χ2v) is 7.10. The largest absolute Gasteiger partial charge is 0.355 e. The van der Waals surface area contributed by atoms with Crippen LogP contribution in [0, 0.1) is 5.82 Å². The highest BCUT2D eigenvalue weighted by atomic mass is 35.5. The lowest BCUT2D eigenvalue weighted by atomic mass is 10.1. The van der Waals surface area contributed by atoms with Crippen LogP contribution in [-0.4, -0.2) is 18.2 Å². The molecular formula is C18H18Cl2FNOS. The lowest BCUT2D eigenvalue weighted by molar-refractivity contribution is -0.118. The van der Waals surface area contributed by atoms with Crippen LogP contribution >= 0.6 is 35.0 Å². The van der Waals surface area contributed by atoms with Crippen molar-refractivity contribution in [2.75, 3.05) is 12.3 Å². The zero-order valence-electron chi connectivity index (χ0n) is 13.0.